The Morgan fingerprint density at radius 2 is 2.15 bits per heavy atom. The van der Waals surface area contributed by atoms with Crippen LogP contribution in [-0.4, -0.2) is 41.9 Å². The molecule has 0 spiro atoms. The standard InChI is InChI=1S/C13H22N4O2S/c1-11(2)17(9-6-13(14)15)20(18,19)10-7-12-5-3-4-8-16-12/h3-5,8,11H,6-7,9-10H2,1-2H3,(H3,14,15). The molecule has 0 fully saturated rings. The first-order valence-corrected chi connectivity index (χ1v) is 8.16. The van der Waals surface area contributed by atoms with E-state index in [4.69, 9.17) is 11.1 Å². The van der Waals surface area contributed by atoms with Crippen molar-refractivity contribution in [3.8, 4) is 0 Å². The highest BCUT2D eigenvalue weighted by Gasteiger charge is 2.24. The lowest BCUT2D eigenvalue weighted by atomic mass is 10.3. The molecule has 0 amide bonds. The summed E-state index contributed by atoms with van der Waals surface area (Å²) >= 11 is 0. The Kier molecular flexibility index (Phi) is 6.09. The van der Waals surface area contributed by atoms with E-state index in [1.807, 2.05) is 26.0 Å². The zero-order chi connectivity index (χ0) is 15.2. The van der Waals surface area contributed by atoms with Gasteiger partial charge in [0, 0.05) is 37.3 Å². The summed E-state index contributed by atoms with van der Waals surface area (Å²) in [6.45, 7) is 3.88. The summed E-state index contributed by atoms with van der Waals surface area (Å²) in [7, 11) is -3.37. The van der Waals surface area contributed by atoms with Gasteiger partial charge < -0.3 is 5.73 Å². The van der Waals surface area contributed by atoms with Gasteiger partial charge in [-0.1, -0.05) is 6.07 Å². The van der Waals surface area contributed by atoms with Crippen LogP contribution in [0.5, 0.6) is 0 Å². The van der Waals surface area contributed by atoms with Crippen molar-refractivity contribution >= 4 is 15.9 Å². The van der Waals surface area contributed by atoms with Crippen molar-refractivity contribution in [2.24, 2.45) is 5.73 Å². The van der Waals surface area contributed by atoms with E-state index in [2.05, 4.69) is 4.98 Å². The fourth-order valence-corrected chi connectivity index (χ4v) is 3.56. The fourth-order valence-electron chi connectivity index (χ4n) is 1.85. The smallest absolute Gasteiger partial charge is 0.214 e. The Hall–Kier alpha value is -1.47. The molecular formula is C13H22N4O2S. The lowest BCUT2D eigenvalue weighted by Crippen LogP contribution is -2.40. The Balaban J connectivity index is 2.70. The molecule has 1 aromatic heterocycles. The molecule has 0 aliphatic carbocycles. The number of hydrogen-bond donors (Lipinski definition) is 2. The summed E-state index contributed by atoms with van der Waals surface area (Å²) in [5.41, 5.74) is 6.06. The molecule has 0 unspecified atom stereocenters. The third-order valence-electron chi connectivity index (χ3n) is 2.88. The molecule has 0 aliphatic heterocycles. The molecule has 20 heavy (non-hydrogen) atoms. The maximum absolute atomic E-state index is 12.3. The number of nitrogens with zero attached hydrogens (tertiary/aromatic N) is 2. The first-order chi connectivity index (χ1) is 9.33. The zero-order valence-electron chi connectivity index (χ0n) is 11.9. The van der Waals surface area contributed by atoms with Crippen LogP contribution in [0.4, 0.5) is 0 Å². The number of amidine groups is 1. The lowest BCUT2D eigenvalue weighted by molar-refractivity contribution is 0.361. The van der Waals surface area contributed by atoms with Crippen molar-refractivity contribution in [2.75, 3.05) is 12.3 Å². The van der Waals surface area contributed by atoms with Gasteiger partial charge in [0.1, 0.15) is 0 Å². The minimum absolute atomic E-state index is 0.00410. The number of pyridine rings is 1. The topological polar surface area (TPSA) is 100 Å². The quantitative estimate of drug-likeness (QED) is 0.552. The van der Waals surface area contributed by atoms with Crippen LogP contribution in [0.1, 0.15) is 26.0 Å². The minimum Gasteiger partial charge on any atom is -0.388 e. The summed E-state index contributed by atoms with van der Waals surface area (Å²) in [5.74, 6) is 0.00989. The molecule has 1 heterocycles. The second-order valence-electron chi connectivity index (χ2n) is 4.87. The van der Waals surface area contributed by atoms with Gasteiger partial charge in [-0.25, -0.2) is 8.42 Å². The molecule has 0 saturated heterocycles. The molecule has 0 aromatic carbocycles. The molecule has 1 aromatic rings. The van der Waals surface area contributed by atoms with E-state index in [0.717, 1.165) is 5.69 Å². The molecule has 112 valence electrons. The predicted molar refractivity (Wildman–Crippen MR) is 80.1 cm³/mol. The van der Waals surface area contributed by atoms with Crippen molar-refractivity contribution in [3.05, 3.63) is 30.1 Å². The largest absolute Gasteiger partial charge is 0.388 e. The van der Waals surface area contributed by atoms with E-state index in [9.17, 15) is 8.42 Å². The second kappa shape index (κ2) is 7.35. The molecule has 0 aliphatic rings. The van der Waals surface area contributed by atoms with Gasteiger partial charge >= 0.3 is 0 Å². The third-order valence-corrected chi connectivity index (χ3v) is 4.92. The summed E-state index contributed by atoms with van der Waals surface area (Å²) < 4.78 is 26.1. The van der Waals surface area contributed by atoms with E-state index in [-0.39, 0.29) is 30.6 Å². The Morgan fingerprint density at radius 3 is 2.65 bits per heavy atom. The summed E-state index contributed by atoms with van der Waals surface area (Å²) in [5, 5.41) is 7.22. The van der Waals surface area contributed by atoms with Crippen LogP contribution >= 0.6 is 0 Å². The van der Waals surface area contributed by atoms with Crippen molar-refractivity contribution < 1.29 is 8.42 Å². The lowest BCUT2D eigenvalue weighted by Gasteiger charge is -2.25. The van der Waals surface area contributed by atoms with E-state index in [1.165, 1.54) is 4.31 Å². The van der Waals surface area contributed by atoms with E-state index in [1.54, 1.807) is 12.3 Å². The monoisotopic (exact) mass is 298 g/mol. The normalized spacial score (nSPS) is 12.0. The van der Waals surface area contributed by atoms with Crippen molar-refractivity contribution in [1.29, 1.82) is 5.41 Å². The average Bonchev–Trinajstić information content (AvgIpc) is 2.37. The van der Waals surface area contributed by atoms with Gasteiger partial charge in [-0.15, -0.1) is 0 Å². The number of sulfonamides is 1. The SMILES string of the molecule is CC(C)N(CCC(=N)N)S(=O)(=O)CCc1ccccn1. The van der Waals surface area contributed by atoms with Gasteiger partial charge in [-0.2, -0.15) is 4.31 Å². The molecule has 3 N–H and O–H groups in total. The minimum atomic E-state index is -3.37. The first kappa shape index (κ1) is 16.6. The second-order valence-corrected chi connectivity index (χ2v) is 6.91. The van der Waals surface area contributed by atoms with Crippen LogP contribution in [0, 0.1) is 5.41 Å². The molecule has 0 bridgehead atoms. The zero-order valence-corrected chi connectivity index (χ0v) is 12.7. The van der Waals surface area contributed by atoms with Gasteiger partial charge in [0.05, 0.1) is 11.6 Å². The first-order valence-electron chi connectivity index (χ1n) is 6.55. The van der Waals surface area contributed by atoms with Gasteiger partial charge in [-0.05, 0) is 26.0 Å². The highest BCUT2D eigenvalue weighted by Crippen LogP contribution is 2.10. The molecule has 7 heteroatoms. The number of nitrogens with one attached hydrogen (secondary N) is 1. The maximum atomic E-state index is 12.3. The van der Waals surface area contributed by atoms with Gasteiger partial charge in [-0.3, -0.25) is 10.4 Å². The molecule has 0 radical (unpaired) electrons. The van der Waals surface area contributed by atoms with Crippen LogP contribution in [0.15, 0.2) is 24.4 Å². The third kappa shape index (κ3) is 5.26. The Bertz CT molecular complexity index is 529. The molecule has 0 atom stereocenters. The van der Waals surface area contributed by atoms with Crippen LogP contribution < -0.4 is 5.73 Å². The van der Waals surface area contributed by atoms with Crippen molar-refractivity contribution in [1.82, 2.24) is 9.29 Å². The number of aromatic nitrogens is 1. The van der Waals surface area contributed by atoms with Gasteiger partial charge in [0.25, 0.3) is 0 Å². The van der Waals surface area contributed by atoms with Crippen LogP contribution in [-0.2, 0) is 16.4 Å². The van der Waals surface area contributed by atoms with Gasteiger partial charge in [0.15, 0.2) is 0 Å². The summed E-state index contributed by atoms with van der Waals surface area (Å²) in [6, 6.07) is 5.30. The summed E-state index contributed by atoms with van der Waals surface area (Å²) in [4.78, 5) is 4.12. The highest BCUT2D eigenvalue weighted by atomic mass is 32.2. The summed E-state index contributed by atoms with van der Waals surface area (Å²) in [6.07, 6.45) is 2.28. The number of nitrogens with two attached hydrogens (primary N) is 1. The van der Waals surface area contributed by atoms with E-state index in [0.29, 0.717) is 6.42 Å². The predicted octanol–water partition coefficient (Wildman–Crippen LogP) is 0.990. The van der Waals surface area contributed by atoms with Crippen LogP contribution in [0.3, 0.4) is 0 Å². The Morgan fingerprint density at radius 1 is 1.45 bits per heavy atom. The molecule has 6 nitrogen and oxygen atoms in total. The van der Waals surface area contributed by atoms with Gasteiger partial charge in [0.2, 0.25) is 10.0 Å². The fraction of sp³-hybridized carbons (Fsp3) is 0.538. The highest BCUT2D eigenvalue weighted by molar-refractivity contribution is 7.89. The van der Waals surface area contributed by atoms with Crippen molar-refractivity contribution in [2.45, 2.75) is 32.7 Å². The van der Waals surface area contributed by atoms with Crippen LogP contribution in [0.2, 0.25) is 0 Å². The van der Waals surface area contributed by atoms with E-state index < -0.39 is 10.0 Å². The molecule has 0 saturated carbocycles. The maximum Gasteiger partial charge on any atom is 0.214 e. The molecular weight excluding hydrogens is 276 g/mol. The number of aryl methyl sites for hydroxylation is 1. The number of rotatable bonds is 8. The Labute approximate surface area is 120 Å². The molecule has 1 rings (SSSR count). The van der Waals surface area contributed by atoms with Crippen molar-refractivity contribution in [3.63, 3.8) is 0 Å². The number of hydrogen-bond acceptors (Lipinski definition) is 4. The average molecular weight is 298 g/mol. The van der Waals surface area contributed by atoms with E-state index >= 15 is 0 Å². The van der Waals surface area contributed by atoms with Crippen LogP contribution in [0.25, 0.3) is 0 Å².